The fraction of sp³-hybridized carbons (Fsp3) is 0.588. The molecule has 0 bridgehead atoms. The number of nitrogens with zero attached hydrogens (tertiary/aromatic N) is 2. The molecule has 1 aliphatic heterocycles. The lowest BCUT2D eigenvalue weighted by atomic mass is 10.1. The summed E-state index contributed by atoms with van der Waals surface area (Å²) in [4.78, 5) is 15.4. The van der Waals surface area contributed by atoms with Gasteiger partial charge in [0.15, 0.2) is 9.84 Å². The molecule has 1 aromatic rings. The van der Waals surface area contributed by atoms with E-state index in [1.807, 2.05) is 7.05 Å². The Kier molecular flexibility index (Phi) is 6.95. The number of hydrogen-bond donors (Lipinski definition) is 2. The highest BCUT2D eigenvalue weighted by Gasteiger charge is 2.30. The number of carbonyl (C=O) groups is 1. The number of likely N-dealkylation sites (N-methyl/N-ethyl adjacent to an activating group) is 1. The average Bonchev–Trinajstić information content (AvgIpc) is 2.55. The zero-order chi connectivity index (χ0) is 18.4. The standard InChI is InChI=1S/C17H26N2O5S/c1-18-7-9-19(10-8-18)16(20)11-15(17(21)22)13-25(23,24)12-14-5-3-2-4-6-14/h2-6,15-16,20H,7-13H2,1H3,(H,21,22). The number of piperazine rings is 1. The molecule has 2 atom stereocenters. The van der Waals surface area contributed by atoms with E-state index in [0.717, 1.165) is 13.1 Å². The molecule has 0 saturated carbocycles. The van der Waals surface area contributed by atoms with Gasteiger partial charge in [-0.05, 0) is 12.6 Å². The molecule has 1 fully saturated rings. The van der Waals surface area contributed by atoms with Crippen LogP contribution in [0.25, 0.3) is 0 Å². The topological polar surface area (TPSA) is 98.2 Å². The monoisotopic (exact) mass is 370 g/mol. The normalized spacial score (nSPS) is 19.4. The summed E-state index contributed by atoms with van der Waals surface area (Å²) in [6, 6.07) is 8.69. The van der Waals surface area contributed by atoms with Gasteiger partial charge in [0, 0.05) is 32.6 Å². The fourth-order valence-electron chi connectivity index (χ4n) is 2.96. The fourth-order valence-corrected chi connectivity index (χ4v) is 4.67. The van der Waals surface area contributed by atoms with Crippen LogP contribution in [0.5, 0.6) is 0 Å². The van der Waals surface area contributed by atoms with Gasteiger partial charge in [0.2, 0.25) is 0 Å². The summed E-state index contributed by atoms with van der Waals surface area (Å²) < 4.78 is 24.7. The minimum absolute atomic E-state index is 0.0902. The predicted molar refractivity (Wildman–Crippen MR) is 94.8 cm³/mol. The summed E-state index contributed by atoms with van der Waals surface area (Å²) in [6.07, 6.45) is -1.03. The Morgan fingerprint density at radius 3 is 2.32 bits per heavy atom. The first-order chi connectivity index (χ1) is 11.8. The van der Waals surface area contributed by atoms with Gasteiger partial charge in [-0.25, -0.2) is 8.42 Å². The molecular weight excluding hydrogens is 344 g/mol. The van der Waals surface area contributed by atoms with E-state index in [1.165, 1.54) is 0 Å². The quantitative estimate of drug-likeness (QED) is 0.677. The molecule has 2 unspecified atom stereocenters. The second-order valence-electron chi connectivity index (χ2n) is 6.63. The van der Waals surface area contributed by atoms with E-state index in [-0.39, 0.29) is 12.2 Å². The number of carboxylic acids is 1. The molecule has 0 aliphatic carbocycles. The van der Waals surface area contributed by atoms with Gasteiger partial charge >= 0.3 is 5.97 Å². The Morgan fingerprint density at radius 2 is 1.76 bits per heavy atom. The van der Waals surface area contributed by atoms with Crippen LogP contribution < -0.4 is 0 Å². The number of aliphatic hydroxyl groups is 1. The van der Waals surface area contributed by atoms with E-state index >= 15 is 0 Å². The van der Waals surface area contributed by atoms with Crippen molar-refractivity contribution in [1.82, 2.24) is 9.80 Å². The van der Waals surface area contributed by atoms with Crippen LogP contribution in [0.15, 0.2) is 30.3 Å². The Hall–Kier alpha value is -1.48. The third-order valence-corrected chi connectivity index (χ3v) is 6.17. The molecule has 1 aromatic carbocycles. The van der Waals surface area contributed by atoms with Gasteiger partial charge in [0.25, 0.3) is 0 Å². The zero-order valence-corrected chi connectivity index (χ0v) is 15.2. The SMILES string of the molecule is CN1CCN(C(O)CC(CS(=O)(=O)Cc2ccccc2)C(=O)O)CC1. The van der Waals surface area contributed by atoms with Crippen LogP contribution in [0.1, 0.15) is 12.0 Å². The third-order valence-electron chi connectivity index (χ3n) is 4.49. The molecule has 8 heteroatoms. The maximum atomic E-state index is 12.4. The summed E-state index contributed by atoms with van der Waals surface area (Å²) in [5, 5.41) is 19.7. The van der Waals surface area contributed by atoms with Gasteiger partial charge in [-0.2, -0.15) is 0 Å². The first-order valence-electron chi connectivity index (χ1n) is 8.34. The number of carboxylic acid groups (broad SMARTS) is 1. The first kappa shape index (κ1) is 19.8. The molecule has 0 amide bonds. The zero-order valence-electron chi connectivity index (χ0n) is 14.4. The van der Waals surface area contributed by atoms with Crippen molar-refractivity contribution in [2.45, 2.75) is 18.4 Å². The molecule has 7 nitrogen and oxygen atoms in total. The average molecular weight is 370 g/mol. The van der Waals surface area contributed by atoms with Gasteiger partial charge in [-0.3, -0.25) is 9.69 Å². The van der Waals surface area contributed by atoms with E-state index in [4.69, 9.17) is 0 Å². The molecule has 1 heterocycles. The lowest BCUT2D eigenvalue weighted by Gasteiger charge is -2.36. The van der Waals surface area contributed by atoms with Gasteiger partial charge in [-0.15, -0.1) is 0 Å². The smallest absolute Gasteiger partial charge is 0.307 e. The van der Waals surface area contributed by atoms with Crippen molar-refractivity contribution >= 4 is 15.8 Å². The molecule has 0 spiro atoms. The van der Waals surface area contributed by atoms with Crippen LogP contribution in [0.3, 0.4) is 0 Å². The highest BCUT2D eigenvalue weighted by atomic mass is 32.2. The van der Waals surface area contributed by atoms with Gasteiger partial charge in [0.05, 0.1) is 17.4 Å². The Balaban J connectivity index is 1.96. The summed E-state index contributed by atoms with van der Waals surface area (Å²) in [7, 11) is -1.60. The van der Waals surface area contributed by atoms with Crippen LogP contribution in [0.4, 0.5) is 0 Å². The molecule has 1 aliphatic rings. The van der Waals surface area contributed by atoms with Crippen LogP contribution in [0.2, 0.25) is 0 Å². The maximum absolute atomic E-state index is 12.4. The minimum atomic E-state index is -3.58. The summed E-state index contributed by atoms with van der Waals surface area (Å²) in [5.74, 6) is -2.97. The molecule has 140 valence electrons. The van der Waals surface area contributed by atoms with Gasteiger partial charge in [-0.1, -0.05) is 30.3 Å². The Bertz CT molecular complexity index is 657. The number of sulfone groups is 1. The number of rotatable bonds is 8. The van der Waals surface area contributed by atoms with Crippen LogP contribution in [-0.2, 0) is 20.4 Å². The van der Waals surface area contributed by atoms with Crippen molar-refractivity contribution in [3.63, 3.8) is 0 Å². The molecule has 2 N–H and O–H groups in total. The van der Waals surface area contributed by atoms with E-state index in [1.54, 1.807) is 35.2 Å². The number of aliphatic carboxylic acids is 1. The lowest BCUT2D eigenvalue weighted by molar-refractivity contribution is -0.143. The maximum Gasteiger partial charge on any atom is 0.307 e. The Morgan fingerprint density at radius 1 is 1.16 bits per heavy atom. The molecule has 0 radical (unpaired) electrons. The predicted octanol–water partition coefficient (Wildman–Crippen LogP) is 0.258. The number of aliphatic hydroxyl groups excluding tert-OH is 1. The van der Waals surface area contributed by atoms with Crippen molar-refractivity contribution in [3.8, 4) is 0 Å². The van der Waals surface area contributed by atoms with E-state index in [9.17, 15) is 23.4 Å². The second-order valence-corrected chi connectivity index (χ2v) is 8.74. The van der Waals surface area contributed by atoms with Crippen molar-refractivity contribution in [2.75, 3.05) is 39.0 Å². The van der Waals surface area contributed by atoms with Crippen LogP contribution in [-0.4, -0.2) is 79.6 Å². The lowest BCUT2D eigenvalue weighted by Crippen LogP contribution is -2.50. The van der Waals surface area contributed by atoms with Crippen LogP contribution in [0, 0.1) is 5.92 Å². The van der Waals surface area contributed by atoms with Crippen LogP contribution >= 0.6 is 0 Å². The first-order valence-corrected chi connectivity index (χ1v) is 10.2. The van der Waals surface area contributed by atoms with Gasteiger partial charge in [0.1, 0.15) is 6.23 Å². The van der Waals surface area contributed by atoms with E-state index in [0.29, 0.717) is 18.7 Å². The molecule has 25 heavy (non-hydrogen) atoms. The molecule has 1 saturated heterocycles. The third kappa shape index (κ3) is 6.39. The molecule has 2 rings (SSSR count). The highest BCUT2D eigenvalue weighted by Crippen LogP contribution is 2.17. The van der Waals surface area contributed by atoms with Crippen molar-refractivity contribution in [2.24, 2.45) is 5.92 Å². The summed E-state index contributed by atoms with van der Waals surface area (Å²) >= 11 is 0. The van der Waals surface area contributed by atoms with E-state index < -0.39 is 33.7 Å². The van der Waals surface area contributed by atoms with Crippen molar-refractivity contribution < 1.29 is 23.4 Å². The van der Waals surface area contributed by atoms with E-state index in [2.05, 4.69) is 4.90 Å². The highest BCUT2D eigenvalue weighted by molar-refractivity contribution is 7.90. The molecule has 0 aromatic heterocycles. The largest absolute Gasteiger partial charge is 0.481 e. The van der Waals surface area contributed by atoms with Crippen molar-refractivity contribution in [1.29, 1.82) is 0 Å². The molecular formula is C17H26N2O5S. The Labute approximate surface area is 148 Å². The van der Waals surface area contributed by atoms with Gasteiger partial charge < -0.3 is 15.1 Å². The summed E-state index contributed by atoms with van der Waals surface area (Å²) in [5.41, 5.74) is 0.631. The van der Waals surface area contributed by atoms with Crippen molar-refractivity contribution in [3.05, 3.63) is 35.9 Å². The number of hydrogen-bond acceptors (Lipinski definition) is 6. The summed E-state index contributed by atoms with van der Waals surface area (Å²) in [6.45, 7) is 2.86. The number of benzene rings is 1. The minimum Gasteiger partial charge on any atom is -0.481 e. The second kappa shape index (κ2) is 8.75.